The van der Waals surface area contributed by atoms with E-state index in [4.69, 9.17) is 9.47 Å². The van der Waals surface area contributed by atoms with Crippen molar-refractivity contribution in [1.82, 2.24) is 5.32 Å². The molecular formula is C15H27NO4. The fourth-order valence-electron chi connectivity index (χ4n) is 1.45. The van der Waals surface area contributed by atoms with Gasteiger partial charge in [0.1, 0.15) is 11.2 Å². The molecule has 0 aliphatic heterocycles. The first-order chi connectivity index (χ1) is 8.93. The molecule has 0 radical (unpaired) electrons. The van der Waals surface area contributed by atoms with E-state index in [0.29, 0.717) is 6.42 Å². The van der Waals surface area contributed by atoms with Crippen LogP contribution in [0.5, 0.6) is 0 Å². The monoisotopic (exact) mass is 285 g/mol. The largest absolute Gasteiger partial charge is 0.460 e. The Morgan fingerprint density at radius 1 is 1.10 bits per heavy atom. The number of hydrogen-bond donors (Lipinski definition) is 1. The molecule has 1 N–H and O–H groups in total. The van der Waals surface area contributed by atoms with Gasteiger partial charge in [-0.1, -0.05) is 6.08 Å². The van der Waals surface area contributed by atoms with Crippen molar-refractivity contribution in [2.45, 2.75) is 71.6 Å². The average molecular weight is 285 g/mol. The lowest BCUT2D eigenvalue weighted by atomic mass is 10.1. The molecule has 0 spiro atoms. The summed E-state index contributed by atoms with van der Waals surface area (Å²) in [6.07, 6.45) is 1.65. The highest BCUT2D eigenvalue weighted by Gasteiger charge is 2.23. The van der Waals surface area contributed by atoms with E-state index in [9.17, 15) is 9.59 Å². The molecule has 0 aliphatic carbocycles. The van der Waals surface area contributed by atoms with Crippen LogP contribution in [0.3, 0.4) is 0 Å². The van der Waals surface area contributed by atoms with E-state index in [0.717, 1.165) is 0 Å². The molecule has 0 saturated heterocycles. The molecule has 0 aliphatic rings. The minimum Gasteiger partial charge on any atom is -0.460 e. The van der Waals surface area contributed by atoms with Crippen molar-refractivity contribution >= 4 is 12.1 Å². The lowest BCUT2D eigenvalue weighted by molar-refractivity contribution is -0.155. The highest BCUT2D eigenvalue weighted by atomic mass is 16.6. The quantitative estimate of drug-likeness (QED) is 0.622. The molecule has 1 atom stereocenters. The van der Waals surface area contributed by atoms with E-state index in [1.807, 2.05) is 0 Å². The Hall–Kier alpha value is -1.52. The van der Waals surface area contributed by atoms with Gasteiger partial charge in [0, 0.05) is 6.04 Å². The Labute approximate surface area is 121 Å². The van der Waals surface area contributed by atoms with E-state index >= 15 is 0 Å². The standard InChI is InChI=1S/C15H27NO4/c1-8-9-11(10-12(17)19-14(2,3)4)16-13(18)20-15(5,6)7/h8,11H,1,9-10H2,2-7H3,(H,16,18)/t11-/m1/s1. The van der Waals surface area contributed by atoms with Gasteiger partial charge >= 0.3 is 12.1 Å². The van der Waals surface area contributed by atoms with Crippen LogP contribution in [0.25, 0.3) is 0 Å². The van der Waals surface area contributed by atoms with Crippen molar-refractivity contribution in [3.63, 3.8) is 0 Å². The first-order valence-electron chi connectivity index (χ1n) is 6.75. The molecule has 0 rings (SSSR count). The molecular weight excluding hydrogens is 258 g/mol. The number of hydrogen-bond acceptors (Lipinski definition) is 4. The van der Waals surface area contributed by atoms with E-state index in [1.54, 1.807) is 47.6 Å². The van der Waals surface area contributed by atoms with Crippen molar-refractivity contribution in [1.29, 1.82) is 0 Å². The lowest BCUT2D eigenvalue weighted by Crippen LogP contribution is -2.40. The molecule has 0 bridgehead atoms. The van der Waals surface area contributed by atoms with Gasteiger partial charge in [-0.05, 0) is 48.0 Å². The Morgan fingerprint density at radius 2 is 1.60 bits per heavy atom. The Bertz CT molecular complexity index is 320. The van der Waals surface area contributed by atoms with Gasteiger partial charge < -0.3 is 14.8 Å². The maximum absolute atomic E-state index is 11.8. The number of amides is 1. The van der Waals surface area contributed by atoms with Crippen molar-refractivity contribution in [3.05, 3.63) is 12.7 Å². The summed E-state index contributed by atoms with van der Waals surface area (Å²) in [5, 5.41) is 2.66. The van der Waals surface area contributed by atoms with E-state index in [2.05, 4.69) is 11.9 Å². The van der Waals surface area contributed by atoms with Crippen LogP contribution in [0, 0.1) is 0 Å². The number of carbonyl (C=O) groups excluding carboxylic acids is 2. The minimum atomic E-state index is -0.575. The average Bonchev–Trinajstić information content (AvgIpc) is 2.10. The molecule has 5 nitrogen and oxygen atoms in total. The number of esters is 1. The molecule has 1 amide bonds. The molecule has 116 valence electrons. The summed E-state index contributed by atoms with van der Waals surface area (Å²) in [4.78, 5) is 23.5. The lowest BCUT2D eigenvalue weighted by Gasteiger charge is -2.24. The number of nitrogens with one attached hydrogen (secondary N) is 1. The summed E-state index contributed by atoms with van der Waals surface area (Å²) < 4.78 is 10.4. The third-order valence-electron chi connectivity index (χ3n) is 2.01. The second kappa shape index (κ2) is 7.31. The van der Waals surface area contributed by atoms with Gasteiger partial charge in [-0.25, -0.2) is 4.79 Å². The van der Waals surface area contributed by atoms with Gasteiger partial charge in [0.25, 0.3) is 0 Å². The van der Waals surface area contributed by atoms with Crippen LogP contribution in [0.15, 0.2) is 12.7 Å². The predicted octanol–water partition coefficient (Wildman–Crippen LogP) is 3.19. The molecule has 0 aromatic rings. The van der Waals surface area contributed by atoms with Gasteiger partial charge in [0.2, 0.25) is 0 Å². The minimum absolute atomic E-state index is 0.0858. The first-order valence-corrected chi connectivity index (χ1v) is 6.75. The zero-order valence-corrected chi connectivity index (χ0v) is 13.4. The van der Waals surface area contributed by atoms with Crippen LogP contribution in [0.4, 0.5) is 4.79 Å². The number of rotatable bonds is 5. The smallest absolute Gasteiger partial charge is 0.407 e. The van der Waals surface area contributed by atoms with Crippen molar-refractivity contribution in [3.8, 4) is 0 Å². The zero-order chi connectivity index (χ0) is 16.0. The van der Waals surface area contributed by atoms with Gasteiger partial charge in [-0.15, -0.1) is 6.58 Å². The summed E-state index contributed by atoms with van der Waals surface area (Å²) in [5.74, 6) is -0.361. The number of carbonyl (C=O) groups is 2. The maximum Gasteiger partial charge on any atom is 0.407 e. The molecule has 0 saturated carbocycles. The SMILES string of the molecule is C=CC[C@H](CC(=O)OC(C)(C)C)NC(=O)OC(C)(C)C. The van der Waals surface area contributed by atoms with Crippen LogP contribution < -0.4 is 5.32 Å². The Morgan fingerprint density at radius 3 is 2.00 bits per heavy atom. The number of ether oxygens (including phenoxy) is 2. The first kappa shape index (κ1) is 18.5. The fraction of sp³-hybridized carbons (Fsp3) is 0.733. The second-order valence-corrected chi connectivity index (χ2v) is 6.66. The third-order valence-corrected chi connectivity index (χ3v) is 2.01. The summed E-state index contributed by atoms with van der Waals surface area (Å²) in [6, 6.07) is -0.378. The normalized spacial score (nSPS) is 13.3. The predicted molar refractivity (Wildman–Crippen MR) is 78.4 cm³/mol. The summed E-state index contributed by atoms with van der Waals surface area (Å²) in [6.45, 7) is 14.4. The zero-order valence-electron chi connectivity index (χ0n) is 13.4. The van der Waals surface area contributed by atoms with E-state index in [1.165, 1.54) is 0 Å². The van der Waals surface area contributed by atoms with Gasteiger partial charge in [-0.3, -0.25) is 4.79 Å². The van der Waals surface area contributed by atoms with Crippen LogP contribution in [-0.2, 0) is 14.3 Å². The highest BCUT2D eigenvalue weighted by molar-refractivity contribution is 5.73. The van der Waals surface area contributed by atoms with Crippen molar-refractivity contribution in [2.24, 2.45) is 0 Å². The molecule has 0 fully saturated rings. The van der Waals surface area contributed by atoms with Crippen LogP contribution in [0.2, 0.25) is 0 Å². The molecule has 0 aromatic heterocycles. The van der Waals surface area contributed by atoms with Gasteiger partial charge in [0.15, 0.2) is 0 Å². The molecule has 20 heavy (non-hydrogen) atoms. The van der Waals surface area contributed by atoms with Gasteiger partial charge in [0.05, 0.1) is 6.42 Å². The fourth-order valence-corrected chi connectivity index (χ4v) is 1.45. The summed E-state index contributed by atoms with van der Waals surface area (Å²) in [5.41, 5.74) is -1.11. The van der Waals surface area contributed by atoms with E-state index < -0.39 is 17.3 Å². The molecule has 0 unspecified atom stereocenters. The molecule has 0 aromatic carbocycles. The number of alkyl carbamates (subject to hydrolysis) is 1. The Balaban J connectivity index is 4.47. The van der Waals surface area contributed by atoms with Gasteiger partial charge in [-0.2, -0.15) is 0 Å². The maximum atomic E-state index is 11.8. The Kier molecular flexibility index (Phi) is 6.76. The van der Waals surface area contributed by atoms with Crippen molar-refractivity contribution < 1.29 is 19.1 Å². The summed E-state index contributed by atoms with van der Waals surface area (Å²) >= 11 is 0. The molecule has 0 heterocycles. The van der Waals surface area contributed by atoms with Crippen LogP contribution >= 0.6 is 0 Å². The molecule has 5 heteroatoms. The second-order valence-electron chi connectivity index (χ2n) is 6.66. The van der Waals surface area contributed by atoms with Crippen LogP contribution in [-0.4, -0.2) is 29.3 Å². The highest BCUT2D eigenvalue weighted by Crippen LogP contribution is 2.12. The van der Waals surface area contributed by atoms with Crippen LogP contribution in [0.1, 0.15) is 54.4 Å². The van der Waals surface area contributed by atoms with E-state index in [-0.39, 0.29) is 18.4 Å². The van der Waals surface area contributed by atoms with Crippen molar-refractivity contribution in [2.75, 3.05) is 0 Å². The summed E-state index contributed by atoms with van der Waals surface area (Å²) in [7, 11) is 0. The topological polar surface area (TPSA) is 64.6 Å². The third kappa shape index (κ3) is 10.4.